The summed E-state index contributed by atoms with van der Waals surface area (Å²) in [5.41, 5.74) is 0. The smallest absolute Gasteiger partial charge is 0.119 e. The fraction of sp³-hybridized carbons (Fsp3) is 0.200. The van der Waals surface area contributed by atoms with Gasteiger partial charge >= 0.3 is 8.25 Å². The summed E-state index contributed by atoms with van der Waals surface area (Å²) in [4.78, 5) is 0. The van der Waals surface area contributed by atoms with E-state index >= 15 is 0 Å². The van der Waals surface area contributed by atoms with E-state index in [0.29, 0.717) is 13.2 Å². The molecule has 4 rings (SSSR count). The van der Waals surface area contributed by atoms with Gasteiger partial charge in [-0.05, 0) is 62.2 Å². The summed E-state index contributed by atoms with van der Waals surface area (Å²) in [7, 11) is -3.02. The molecule has 0 atom stereocenters. The molecule has 0 saturated heterocycles. The summed E-state index contributed by atoms with van der Waals surface area (Å²) in [6.07, 6.45) is 3.66. The molecular weight excluding hydrogens is 592 g/mol. The quantitative estimate of drug-likeness (QED) is 0.115. The molecule has 188 valence electrons. The van der Waals surface area contributed by atoms with Crippen LogP contribution in [-0.2, 0) is 39.8 Å². The van der Waals surface area contributed by atoms with Crippen LogP contribution in [0.2, 0.25) is 0 Å². The molecule has 0 radical (unpaired) electrons. The first-order valence-corrected chi connectivity index (χ1v) is 16.4. The van der Waals surface area contributed by atoms with E-state index < -0.39 is 24.1 Å². The Morgan fingerprint density at radius 1 is 0.486 bits per heavy atom. The third kappa shape index (κ3) is 10.0. The van der Waals surface area contributed by atoms with Crippen molar-refractivity contribution in [1.29, 1.82) is 0 Å². The monoisotopic (exact) mass is 623 g/mol. The van der Waals surface area contributed by atoms with Crippen molar-refractivity contribution in [1.82, 2.24) is 0 Å². The predicted octanol–water partition coefficient (Wildman–Crippen LogP) is 6.72. The molecular formula is C30H32O3P3Zr+. The Hall–Kier alpha value is -1.36. The molecule has 0 spiro atoms. The molecule has 0 aromatic heterocycles. The number of hydrogen-bond donors (Lipinski definition) is 0. The van der Waals surface area contributed by atoms with Crippen LogP contribution in [0.4, 0.5) is 0 Å². The van der Waals surface area contributed by atoms with Gasteiger partial charge in [0.05, 0.1) is 0 Å². The second-order valence-corrected chi connectivity index (χ2v) is 13.9. The van der Waals surface area contributed by atoms with Crippen LogP contribution in [0.1, 0.15) is 12.8 Å². The van der Waals surface area contributed by atoms with Gasteiger partial charge in [-0.15, -0.1) is 9.05 Å². The van der Waals surface area contributed by atoms with Crippen LogP contribution in [0.3, 0.4) is 0 Å². The molecule has 0 heterocycles. The Morgan fingerprint density at radius 3 is 1.03 bits per heavy atom. The molecule has 0 amide bonds. The molecule has 0 saturated carbocycles. The Labute approximate surface area is 243 Å². The third-order valence-electron chi connectivity index (χ3n) is 5.72. The molecule has 4 aromatic carbocycles. The van der Waals surface area contributed by atoms with Crippen molar-refractivity contribution < 1.29 is 39.8 Å². The van der Waals surface area contributed by atoms with E-state index in [4.69, 9.17) is 9.05 Å². The van der Waals surface area contributed by atoms with Gasteiger partial charge in [0.2, 0.25) is 0 Å². The van der Waals surface area contributed by atoms with E-state index in [2.05, 4.69) is 121 Å². The minimum atomic E-state index is -2.09. The molecule has 0 aliphatic rings. The second kappa shape index (κ2) is 17.3. The first kappa shape index (κ1) is 30.2. The topological polar surface area (TPSA) is 35.5 Å². The molecule has 0 fully saturated rings. The van der Waals surface area contributed by atoms with Gasteiger partial charge in [-0.3, -0.25) is 0 Å². The summed E-state index contributed by atoms with van der Waals surface area (Å²) in [6.45, 7) is 0.878. The zero-order valence-electron chi connectivity index (χ0n) is 20.9. The number of rotatable bonds is 14. The fourth-order valence-electron chi connectivity index (χ4n) is 4.01. The van der Waals surface area contributed by atoms with Gasteiger partial charge in [0.15, 0.2) is 0 Å². The van der Waals surface area contributed by atoms with E-state index in [9.17, 15) is 4.57 Å². The van der Waals surface area contributed by atoms with Crippen LogP contribution >= 0.6 is 24.1 Å². The van der Waals surface area contributed by atoms with Crippen molar-refractivity contribution >= 4 is 45.3 Å². The number of hydrogen-bond acceptors (Lipinski definition) is 3. The minimum absolute atomic E-state index is 0. The maximum Gasteiger partial charge on any atom is 0.697 e. The van der Waals surface area contributed by atoms with Crippen LogP contribution in [0.15, 0.2) is 121 Å². The van der Waals surface area contributed by atoms with E-state index in [0.717, 1.165) is 25.2 Å². The van der Waals surface area contributed by atoms with Gasteiger partial charge in [-0.25, -0.2) is 0 Å². The van der Waals surface area contributed by atoms with Gasteiger partial charge in [0.1, 0.15) is 13.2 Å². The van der Waals surface area contributed by atoms with Crippen molar-refractivity contribution in [3.8, 4) is 0 Å². The third-order valence-corrected chi connectivity index (χ3v) is 11.7. The van der Waals surface area contributed by atoms with E-state index in [-0.39, 0.29) is 26.2 Å². The van der Waals surface area contributed by atoms with Crippen molar-refractivity contribution in [2.45, 2.75) is 12.8 Å². The molecule has 37 heavy (non-hydrogen) atoms. The predicted molar refractivity (Wildman–Crippen MR) is 157 cm³/mol. The molecule has 4 aromatic rings. The Morgan fingerprint density at radius 2 is 0.757 bits per heavy atom. The Kier molecular flexibility index (Phi) is 14.1. The van der Waals surface area contributed by atoms with E-state index in [1.165, 1.54) is 21.2 Å². The average Bonchev–Trinajstić information content (AvgIpc) is 2.95. The molecule has 0 N–H and O–H groups in total. The largest absolute Gasteiger partial charge is 0.697 e. The first-order chi connectivity index (χ1) is 17.8. The average molecular weight is 625 g/mol. The zero-order valence-corrected chi connectivity index (χ0v) is 26.0. The molecule has 0 unspecified atom stereocenters. The fourth-order valence-corrected chi connectivity index (χ4v) is 9.29. The van der Waals surface area contributed by atoms with E-state index in [1.54, 1.807) is 0 Å². The standard InChI is InChI=1S/C30H32O3P3.Zr/c31-36(32-23-13-25-34(27-15-5-1-6-16-27)28-17-7-2-8-18-28)33-24-14-26-35(29-19-9-3-10-20-29)30-21-11-4-12-22-30;/h1-12,15-22H,13-14,23-26H2;/q+1;. The second-order valence-electron chi connectivity index (χ2n) is 8.24. The van der Waals surface area contributed by atoms with Crippen LogP contribution in [0, 0.1) is 0 Å². The maximum absolute atomic E-state index is 12.3. The van der Waals surface area contributed by atoms with Gasteiger partial charge in [-0.1, -0.05) is 121 Å². The maximum atomic E-state index is 12.3. The van der Waals surface area contributed by atoms with Gasteiger partial charge in [0, 0.05) is 30.8 Å². The molecule has 3 nitrogen and oxygen atoms in total. The molecule has 0 aliphatic carbocycles. The number of benzene rings is 4. The summed E-state index contributed by atoms with van der Waals surface area (Å²) >= 11 is 0. The molecule has 7 heteroatoms. The van der Waals surface area contributed by atoms with Crippen molar-refractivity contribution in [3.05, 3.63) is 121 Å². The van der Waals surface area contributed by atoms with Crippen molar-refractivity contribution in [3.63, 3.8) is 0 Å². The normalized spacial score (nSPS) is 10.9. The Bertz CT molecular complexity index is 994. The van der Waals surface area contributed by atoms with Crippen LogP contribution < -0.4 is 21.2 Å². The SMILES string of the molecule is O=[P+](OCCCP(c1ccccc1)c1ccccc1)OCCCP(c1ccccc1)c1ccccc1.[Zr]. The summed E-state index contributed by atoms with van der Waals surface area (Å²) in [5, 5.41) is 5.42. The van der Waals surface area contributed by atoms with E-state index in [1.807, 2.05) is 0 Å². The van der Waals surface area contributed by atoms with Crippen molar-refractivity contribution in [2.24, 2.45) is 0 Å². The van der Waals surface area contributed by atoms with Gasteiger partial charge in [0.25, 0.3) is 0 Å². The van der Waals surface area contributed by atoms with Crippen molar-refractivity contribution in [2.75, 3.05) is 25.5 Å². The Balaban J connectivity index is 0.00000380. The summed E-state index contributed by atoms with van der Waals surface area (Å²) in [5.74, 6) is 0. The van der Waals surface area contributed by atoms with Gasteiger partial charge in [-0.2, -0.15) is 0 Å². The summed E-state index contributed by atoms with van der Waals surface area (Å²) in [6, 6.07) is 42.5. The molecule has 0 bridgehead atoms. The van der Waals surface area contributed by atoms with Crippen LogP contribution in [-0.4, -0.2) is 25.5 Å². The molecule has 0 aliphatic heterocycles. The van der Waals surface area contributed by atoms with Gasteiger partial charge < -0.3 is 0 Å². The van der Waals surface area contributed by atoms with Crippen LogP contribution in [0.25, 0.3) is 0 Å². The summed E-state index contributed by atoms with van der Waals surface area (Å²) < 4.78 is 23.4. The zero-order chi connectivity index (χ0) is 24.8. The minimum Gasteiger partial charge on any atom is -0.119 e. The van der Waals surface area contributed by atoms with Crippen LogP contribution in [0.5, 0.6) is 0 Å². The first-order valence-electron chi connectivity index (χ1n) is 12.3.